The summed E-state index contributed by atoms with van der Waals surface area (Å²) in [7, 11) is 0. The predicted octanol–water partition coefficient (Wildman–Crippen LogP) is 1.42. The third kappa shape index (κ3) is 2.11. The van der Waals surface area contributed by atoms with E-state index >= 15 is 0 Å². The second-order valence-corrected chi connectivity index (χ2v) is 4.40. The highest BCUT2D eigenvalue weighted by Gasteiger charge is 2.17. The molecular formula is C11H14N6O. The second-order valence-electron chi connectivity index (χ2n) is 4.40. The van der Waals surface area contributed by atoms with Crippen LogP contribution in [0.1, 0.15) is 25.7 Å². The number of urea groups is 1. The van der Waals surface area contributed by atoms with Crippen LogP contribution in [0.5, 0.6) is 0 Å². The van der Waals surface area contributed by atoms with Crippen LogP contribution in [0, 0.1) is 0 Å². The van der Waals surface area contributed by atoms with Crippen LogP contribution in [0.4, 0.5) is 10.6 Å². The molecule has 94 valence electrons. The molecule has 0 bridgehead atoms. The highest BCUT2D eigenvalue weighted by atomic mass is 16.2. The highest BCUT2D eigenvalue weighted by molar-refractivity contribution is 5.95. The van der Waals surface area contributed by atoms with Gasteiger partial charge >= 0.3 is 6.03 Å². The number of fused-ring (bicyclic) bond motifs is 1. The zero-order valence-electron chi connectivity index (χ0n) is 9.81. The quantitative estimate of drug-likeness (QED) is 0.746. The van der Waals surface area contributed by atoms with E-state index < -0.39 is 0 Å². The fourth-order valence-corrected chi connectivity index (χ4v) is 2.26. The Balaban J connectivity index is 1.71. The number of nitrogens with one attached hydrogen (secondary N) is 3. The van der Waals surface area contributed by atoms with Crippen molar-refractivity contribution in [1.29, 1.82) is 0 Å². The summed E-state index contributed by atoms with van der Waals surface area (Å²) in [5, 5.41) is 5.66. The molecule has 0 aliphatic heterocycles. The number of nitrogens with zero attached hydrogens (tertiary/aromatic N) is 3. The van der Waals surface area contributed by atoms with Gasteiger partial charge in [0.2, 0.25) is 0 Å². The number of aromatic nitrogens is 4. The molecule has 7 nitrogen and oxygen atoms in total. The number of imidazole rings is 1. The van der Waals surface area contributed by atoms with E-state index in [1.54, 1.807) is 0 Å². The average Bonchev–Trinajstić information content (AvgIpc) is 2.99. The van der Waals surface area contributed by atoms with Gasteiger partial charge in [-0.25, -0.2) is 19.7 Å². The van der Waals surface area contributed by atoms with E-state index in [2.05, 4.69) is 30.6 Å². The number of carbonyl (C=O) groups excluding carboxylic acids is 1. The van der Waals surface area contributed by atoms with Gasteiger partial charge in [-0.2, -0.15) is 0 Å². The minimum atomic E-state index is -0.225. The van der Waals surface area contributed by atoms with Crippen LogP contribution < -0.4 is 10.6 Å². The number of rotatable bonds is 2. The summed E-state index contributed by atoms with van der Waals surface area (Å²) < 4.78 is 0. The molecule has 3 N–H and O–H groups in total. The molecule has 0 radical (unpaired) electrons. The van der Waals surface area contributed by atoms with Crippen molar-refractivity contribution >= 4 is 23.0 Å². The SMILES string of the molecule is O=C(Nc1ncnc2nc[nH]c12)NC1CCCC1. The summed E-state index contributed by atoms with van der Waals surface area (Å²) in [6, 6.07) is 0.0561. The number of hydrogen-bond donors (Lipinski definition) is 3. The van der Waals surface area contributed by atoms with E-state index in [4.69, 9.17) is 0 Å². The van der Waals surface area contributed by atoms with Gasteiger partial charge in [0.25, 0.3) is 0 Å². The van der Waals surface area contributed by atoms with Crippen LogP contribution in [0.25, 0.3) is 11.2 Å². The van der Waals surface area contributed by atoms with Crippen molar-refractivity contribution in [3.63, 3.8) is 0 Å². The summed E-state index contributed by atoms with van der Waals surface area (Å²) in [5.74, 6) is 0.452. The third-order valence-corrected chi connectivity index (χ3v) is 3.15. The molecule has 0 saturated heterocycles. The predicted molar refractivity (Wildman–Crippen MR) is 66.1 cm³/mol. The smallest absolute Gasteiger partial charge is 0.320 e. The first-order chi connectivity index (χ1) is 8.83. The maximum absolute atomic E-state index is 11.8. The fraction of sp³-hybridized carbons (Fsp3) is 0.455. The van der Waals surface area contributed by atoms with E-state index in [-0.39, 0.29) is 12.1 Å². The summed E-state index contributed by atoms with van der Waals surface area (Å²) in [6.45, 7) is 0. The van der Waals surface area contributed by atoms with Gasteiger partial charge in [-0.1, -0.05) is 12.8 Å². The molecule has 0 spiro atoms. The summed E-state index contributed by atoms with van der Waals surface area (Å²) >= 11 is 0. The molecule has 0 aromatic carbocycles. The number of hydrogen-bond acceptors (Lipinski definition) is 4. The maximum Gasteiger partial charge on any atom is 0.320 e. The fourth-order valence-electron chi connectivity index (χ4n) is 2.26. The topological polar surface area (TPSA) is 95.6 Å². The molecule has 2 aromatic heterocycles. The maximum atomic E-state index is 11.8. The van der Waals surface area contributed by atoms with Crippen LogP contribution in [0.2, 0.25) is 0 Å². The lowest BCUT2D eigenvalue weighted by Gasteiger charge is -2.12. The number of aromatic amines is 1. The van der Waals surface area contributed by atoms with E-state index in [9.17, 15) is 4.79 Å². The summed E-state index contributed by atoms with van der Waals surface area (Å²) in [4.78, 5) is 26.8. The van der Waals surface area contributed by atoms with Gasteiger partial charge in [0.15, 0.2) is 11.5 Å². The molecule has 2 amide bonds. The zero-order chi connectivity index (χ0) is 12.4. The van der Waals surface area contributed by atoms with Crippen molar-refractivity contribution in [2.45, 2.75) is 31.7 Å². The first-order valence-electron chi connectivity index (χ1n) is 6.04. The van der Waals surface area contributed by atoms with Crippen LogP contribution in [0.3, 0.4) is 0 Å². The molecule has 18 heavy (non-hydrogen) atoms. The molecule has 0 unspecified atom stereocenters. The monoisotopic (exact) mass is 246 g/mol. The van der Waals surface area contributed by atoms with Gasteiger partial charge in [0, 0.05) is 6.04 Å². The Morgan fingerprint density at radius 1 is 1.28 bits per heavy atom. The van der Waals surface area contributed by atoms with E-state index in [1.165, 1.54) is 25.5 Å². The third-order valence-electron chi connectivity index (χ3n) is 3.15. The second kappa shape index (κ2) is 4.59. The van der Waals surface area contributed by atoms with Crippen molar-refractivity contribution in [3.8, 4) is 0 Å². The molecule has 7 heteroatoms. The van der Waals surface area contributed by atoms with Crippen LogP contribution >= 0.6 is 0 Å². The number of anilines is 1. The Kier molecular flexibility index (Phi) is 2.79. The summed E-state index contributed by atoms with van der Waals surface area (Å²) in [5.41, 5.74) is 1.18. The molecular weight excluding hydrogens is 232 g/mol. The lowest BCUT2D eigenvalue weighted by atomic mass is 10.2. The standard InChI is InChI=1S/C11H14N6O/c18-11(16-7-3-1-2-4-7)17-10-8-9(13-5-12-8)14-6-15-10/h5-7H,1-4H2,(H3,12,13,14,15,16,17,18). The van der Waals surface area contributed by atoms with Gasteiger partial charge in [-0.3, -0.25) is 5.32 Å². The van der Waals surface area contributed by atoms with Crippen molar-refractivity contribution in [1.82, 2.24) is 25.3 Å². The van der Waals surface area contributed by atoms with E-state index in [0.717, 1.165) is 12.8 Å². The van der Waals surface area contributed by atoms with Crippen molar-refractivity contribution in [2.75, 3.05) is 5.32 Å². The molecule has 3 rings (SSSR count). The highest BCUT2D eigenvalue weighted by Crippen LogP contribution is 2.18. The van der Waals surface area contributed by atoms with Gasteiger partial charge in [0.05, 0.1) is 6.33 Å². The molecule has 0 atom stereocenters. The van der Waals surface area contributed by atoms with Crippen molar-refractivity contribution in [2.24, 2.45) is 0 Å². The van der Waals surface area contributed by atoms with Crippen molar-refractivity contribution in [3.05, 3.63) is 12.7 Å². The number of carbonyl (C=O) groups is 1. The van der Waals surface area contributed by atoms with Crippen LogP contribution in [0.15, 0.2) is 12.7 Å². The lowest BCUT2D eigenvalue weighted by Crippen LogP contribution is -2.36. The van der Waals surface area contributed by atoms with Gasteiger partial charge < -0.3 is 10.3 Å². The normalized spacial score (nSPS) is 16.0. The first-order valence-corrected chi connectivity index (χ1v) is 6.04. The Labute approximate surface area is 103 Å². The minimum Gasteiger partial charge on any atom is -0.340 e. The Morgan fingerprint density at radius 2 is 2.11 bits per heavy atom. The molecule has 1 aliphatic rings. The zero-order valence-corrected chi connectivity index (χ0v) is 9.81. The minimum absolute atomic E-state index is 0.225. The first kappa shape index (κ1) is 10.9. The molecule has 1 aliphatic carbocycles. The van der Waals surface area contributed by atoms with E-state index in [1.807, 2.05) is 0 Å². The molecule has 1 saturated carbocycles. The van der Waals surface area contributed by atoms with Gasteiger partial charge in [0.1, 0.15) is 11.8 Å². The van der Waals surface area contributed by atoms with E-state index in [0.29, 0.717) is 17.0 Å². The largest absolute Gasteiger partial charge is 0.340 e. The van der Waals surface area contributed by atoms with Gasteiger partial charge in [-0.15, -0.1) is 0 Å². The summed E-state index contributed by atoms with van der Waals surface area (Å²) in [6.07, 6.45) is 7.38. The lowest BCUT2D eigenvalue weighted by molar-refractivity contribution is 0.248. The number of amides is 2. The van der Waals surface area contributed by atoms with Gasteiger partial charge in [-0.05, 0) is 12.8 Å². The van der Waals surface area contributed by atoms with Crippen molar-refractivity contribution < 1.29 is 4.79 Å². The Hall–Kier alpha value is -2.18. The Bertz CT molecular complexity index is 559. The average molecular weight is 246 g/mol. The number of H-pyrrole nitrogens is 1. The molecule has 2 aromatic rings. The molecule has 2 heterocycles. The van der Waals surface area contributed by atoms with Crippen LogP contribution in [-0.2, 0) is 0 Å². The Morgan fingerprint density at radius 3 is 2.94 bits per heavy atom. The molecule has 1 fully saturated rings. The van der Waals surface area contributed by atoms with Crippen LogP contribution in [-0.4, -0.2) is 32.0 Å².